The monoisotopic (exact) mass is 552 g/mol. The highest BCUT2D eigenvalue weighted by Gasteiger charge is 2.26. The van der Waals surface area contributed by atoms with Crippen molar-refractivity contribution in [3.8, 4) is 6.07 Å². The number of carbonyl (C=O) groups excluding carboxylic acids is 2. The van der Waals surface area contributed by atoms with Crippen molar-refractivity contribution in [1.29, 1.82) is 5.26 Å². The van der Waals surface area contributed by atoms with Crippen LogP contribution in [0, 0.1) is 24.2 Å². The number of hydrogen-bond acceptors (Lipinski definition) is 6. The highest BCUT2D eigenvalue weighted by molar-refractivity contribution is 7.89. The molecule has 0 bridgehead atoms. The molecule has 39 heavy (non-hydrogen) atoms. The van der Waals surface area contributed by atoms with Crippen LogP contribution in [0.1, 0.15) is 55.2 Å². The first-order valence-electron chi connectivity index (χ1n) is 13.0. The molecule has 1 aliphatic rings. The Balaban J connectivity index is 1.79. The van der Waals surface area contributed by atoms with Gasteiger partial charge in [0.1, 0.15) is 6.04 Å². The summed E-state index contributed by atoms with van der Waals surface area (Å²) in [5, 5.41) is 14.5. The third kappa shape index (κ3) is 8.37. The van der Waals surface area contributed by atoms with E-state index < -0.39 is 27.9 Å². The van der Waals surface area contributed by atoms with E-state index in [0.29, 0.717) is 28.8 Å². The van der Waals surface area contributed by atoms with Crippen LogP contribution < -0.4 is 16.4 Å². The van der Waals surface area contributed by atoms with Gasteiger partial charge in [0.15, 0.2) is 5.96 Å². The van der Waals surface area contributed by atoms with Gasteiger partial charge in [0.05, 0.1) is 22.9 Å². The number of sulfonamides is 1. The molecule has 4 N–H and O–H groups in total. The molecule has 1 aliphatic carbocycles. The zero-order valence-electron chi connectivity index (χ0n) is 22.6. The summed E-state index contributed by atoms with van der Waals surface area (Å²) in [6, 6.07) is 12.5. The lowest BCUT2D eigenvalue weighted by Crippen LogP contribution is -2.40. The van der Waals surface area contributed by atoms with Crippen LogP contribution in [0.3, 0.4) is 0 Å². The number of nitrogens with zero attached hydrogens (tertiary/aromatic N) is 3. The van der Waals surface area contributed by atoms with Crippen LogP contribution in [-0.2, 0) is 26.0 Å². The van der Waals surface area contributed by atoms with Crippen molar-refractivity contribution < 1.29 is 18.0 Å². The lowest BCUT2D eigenvalue weighted by atomic mass is 9.84. The Bertz CT molecular complexity index is 1370. The fourth-order valence-corrected chi connectivity index (χ4v) is 5.53. The molecule has 1 atom stereocenters. The molecule has 2 aromatic rings. The highest BCUT2D eigenvalue weighted by Crippen LogP contribution is 2.29. The minimum absolute atomic E-state index is 0.00242. The molecule has 0 aliphatic heterocycles. The average molecular weight is 553 g/mol. The van der Waals surface area contributed by atoms with E-state index in [4.69, 9.17) is 11.0 Å². The third-order valence-corrected chi connectivity index (χ3v) is 8.62. The van der Waals surface area contributed by atoms with Crippen LogP contribution in [0.2, 0.25) is 0 Å². The van der Waals surface area contributed by atoms with E-state index in [1.165, 1.54) is 26.2 Å². The summed E-state index contributed by atoms with van der Waals surface area (Å²) in [6.45, 7) is 1.77. The van der Waals surface area contributed by atoms with Crippen LogP contribution in [0.15, 0.2) is 52.4 Å². The molecule has 3 rings (SSSR count). The minimum Gasteiger partial charge on any atom is -0.370 e. The van der Waals surface area contributed by atoms with E-state index in [-0.39, 0.29) is 23.2 Å². The number of rotatable bonds is 9. The predicted octanol–water partition coefficient (Wildman–Crippen LogP) is 3.07. The van der Waals surface area contributed by atoms with Gasteiger partial charge in [-0.3, -0.25) is 14.9 Å². The number of amides is 2. The van der Waals surface area contributed by atoms with E-state index >= 15 is 0 Å². The van der Waals surface area contributed by atoms with Gasteiger partial charge in [0.25, 0.3) is 0 Å². The SMILES string of the molecule is Cc1ccc(S(=O)(=O)N(C)C)cc1NC(=O)[C@@H](CC1CCCCC1)N=C(N)NC(=O)Cc1cccc(C#N)c1. The van der Waals surface area contributed by atoms with Gasteiger partial charge in [-0.05, 0) is 54.7 Å². The van der Waals surface area contributed by atoms with E-state index in [0.717, 1.165) is 36.4 Å². The number of nitrogens with one attached hydrogen (secondary N) is 2. The number of hydrogen-bond donors (Lipinski definition) is 3. The Hall–Kier alpha value is -3.75. The van der Waals surface area contributed by atoms with Gasteiger partial charge in [-0.15, -0.1) is 0 Å². The Morgan fingerprint density at radius 1 is 1.15 bits per heavy atom. The molecule has 0 unspecified atom stereocenters. The van der Waals surface area contributed by atoms with E-state index in [2.05, 4.69) is 15.6 Å². The summed E-state index contributed by atoms with van der Waals surface area (Å²) < 4.78 is 26.3. The molecular weight excluding hydrogens is 516 g/mol. The summed E-state index contributed by atoms with van der Waals surface area (Å²) in [6.07, 6.45) is 5.75. The molecule has 2 aromatic carbocycles. The first-order chi connectivity index (χ1) is 18.5. The van der Waals surface area contributed by atoms with Gasteiger partial charge in [-0.2, -0.15) is 5.26 Å². The summed E-state index contributed by atoms with van der Waals surface area (Å²) in [5.74, 6) is -0.729. The number of benzene rings is 2. The standard InChI is InChI=1S/C28H36N6O4S/c1-19-12-13-23(39(37,38)34(2)3)17-24(19)31-27(36)25(15-20-8-5-4-6-9-20)32-28(30)33-26(35)16-21-10-7-11-22(14-21)18-29/h7,10-14,17,20,25H,4-6,8-9,15-16H2,1-3H3,(H,31,36)(H3,30,32,33,35)/t25-/m1/s1. The largest absolute Gasteiger partial charge is 0.370 e. The molecular formula is C28H36N6O4S. The molecule has 0 saturated heterocycles. The fraction of sp³-hybridized carbons (Fsp3) is 0.429. The molecule has 0 spiro atoms. The van der Waals surface area contributed by atoms with Crippen molar-refractivity contribution in [2.24, 2.45) is 16.6 Å². The smallest absolute Gasteiger partial charge is 0.249 e. The molecule has 1 saturated carbocycles. The second-order valence-electron chi connectivity index (χ2n) is 10.1. The maximum Gasteiger partial charge on any atom is 0.249 e. The predicted molar refractivity (Wildman–Crippen MR) is 150 cm³/mol. The van der Waals surface area contributed by atoms with Gasteiger partial charge in [-0.1, -0.05) is 50.3 Å². The molecule has 11 heteroatoms. The second kappa shape index (κ2) is 13.4. The van der Waals surface area contributed by atoms with Gasteiger partial charge < -0.3 is 11.1 Å². The molecule has 0 heterocycles. The van der Waals surface area contributed by atoms with Gasteiger partial charge in [0, 0.05) is 19.8 Å². The van der Waals surface area contributed by atoms with Crippen molar-refractivity contribution in [3.63, 3.8) is 0 Å². The average Bonchev–Trinajstić information content (AvgIpc) is 2.89. The minimum atomic E-state index is -3.69. The topological polar surface area (TPSA) is 158 Å². The first kappa shape index (κ1) is 29.8. The molecule has 208 valence electrons. The van der Waals surface area contributed by atoms with Crippen LogP contribution in [0.5, 0.6) is 0 Å². The number of anilines is 1. The van der Waals surface area contributed by atoms with Crippen molar-refractivity contribution >= 4 is 33.5 Å². The zero-order chi connectivity index (χ0) is 28.6. The zero-order valence-corrected chi connectivity index (χ0v) is 23.4. The van der Waals surface area contributed by atoms with E-state index in [9.17, 15) is 18.0 Å². The summed E-state index contributed by atoms with van der Waals surface area (Å²) in [7, 11) is -0.800. The fourth-order valence-electron chi connectivity index (χ4n) is 4.60. The number of guanidine groups is 1. The number of nitrogens with two attached hydrogens (primary N) is 1. The summed E-state index contributed by atoms with van der Waals surface area (Å²) in [5.41, 5.74) is 8.23. The van der Waals surface area contributed by atoms with Crippen LogP contribution >= 0.6 is 0 Å². The summed E-state index contributed by atoms with van der Waals surface area (Å²) in [4.78, 5) is 30.5. The van der Waals surface area contributed by atoms with Gasteiger partial charge in [-0.25, -0.2) is 17.7 Å². The van der Waals surface area contributed by atoms with Crippen LogP contribution in [0.25, 0.3) is 0 Å². The Kier molecular flexibility index (Phi) is 10.2. The molecule has 2 amide bonds. The van der Waals surface area contributed by atoms with Crippen molar-refractivity contribution in [2.75, 3.05) is 19.4 Å². The molecule has 0 aromatic heterocycles. The quantitative estimate of drug-likeness (QED) is 0.320. The van der Waals surface area contributed by atoms with Crippen molar-refractivity contribution in [3.05, 3.63) is 59.2 Å². The lowest BCUT2D eigenvalue weighted by Gasteiger charge is -2.25. The van der Waals surface area contributed by atoms with E-state index in [1.807, 2.05) is 6.07 Å². The molecule has 1 fully saturated rings. The number of aliphatic imine (C=N–C) groups is 1. The third-order valence-electron chi connectivity index (χ3n) is 6.81. The van der Waals surface area contributed by atoms with Gasteiger partial charge in [0.2, 0.25) is 21.8 Å². The maximum atomic E-state index is 13.4. The Labute approximate surface area is 230 Å². The van der Waals surface area contributed by atoms with Crippen LogP contribution in [-0.4, -0.2) is 50.6 Å². The number of nitriles is 1. The normalized spacial score (nSPS) is 15.4. The Morgan fingerprint density at radius 2 is 1.87 bits per heavy atom. The maximum absolute atomic E-state index is 13.4. The molecule has 10 nitrogen and oxygen atoms in total. The number of aryl methyl sites for hydroxylation is 1. The highest BCUT2D eigenvalue weighted by atomic mass is 32.2. The Morgan fingerprint density at radius 3 is 2.54 bits per heavy atom. The second-order valence-corrected chi connectivity index (χ2v) is 12.2. The molecule has 0 radical (unpaired) electrons. The van der Waals surface area contributed by atoms with Crippen LogP contribution in [0.4, 0.5) is 5.69 Å². The van der Waals surface area contributed by atoms with Crippen molar-refractivity contribution in [2.45, 2.75) is 62.8 Å². The number of carbonyl (C=O) groups is 2. The summed E-state index contributed by atoms with van der Waals surface area (Å²) >= 11 is 0. The van der Waals surface area contributed by atoms with Gasteiger partial charge >= 0.3 is 0 Å². The van der Waals surface area contributed by atoms with E-state index in [1.54, 1.807) is 37.3 Å². The lowest BCUT2D eigenvalue weighted by molar-refractivity contribution is -0.119. The first-order valence-corrected chi connectivity index (χ1v) is 14.4. The van der Waals surface area contributed by atoms with Crippen molar-refractivity contribution in [1.82, 2.24) is 9.62 Å².